The largest absolute Gasteiger partial charge is 0.444 e. The summed E-state index contributed by atoms with van der Waals surface area (Å²) in [4.78, 5) is 27.3. The number of piperidine rings is 1. The summed E-state index contributed by atoms with van der Waals surface area (Å²) in [5.41, 5.74) is 0.831. The molecule has 1 aliphatic carbocycles. The summed E-state index contributed by atoms with van der Waals surface area (Å²) in [5.74, 6) is 0.562. The number of ether oxygens (including phenoxy) is 1. The van der Waals surface area contributed by atoms with Crippen molar-refractivity contribution in [1.82, 2.24) is 4.90 Å². The Morgan fingerprint density at radius 3 is 2.52 bits per heavy atom. The molecule has 1 saturated carbocycles. The van der Waals surface area contributed by atoms with Gasteiger partial charge in [-0.25, -0.2) is 4.79 Å². The highest BCUT2D eigenvalue weighted by atomic mass is 16.6. The lowest BCUT2D eigenvalue weighted by Crippen LogP contribution is -2.50. The van der Waals surface area contributed by atoms with Crippen LogP contribution in [0.1, 0.15) is 71.3 Å². The maximum atomic E-state index is 12.9. The van der Waals surface area contributed by atoms with Gasteiger partial charge in [0.25, 0.3) is 0 Å². The lowest BCUT2D eigenvalue weighted by molar-refractivity contribution is -0.125. The van der Waals surface area contributed by atoms with Gasteiger partial charge in [0.15, 0.2) is 5.78 Å². The van der Waals surface area contributed by atoms with Crippen molar-refractivity contribution >= 4 is 11.9 Å². The molecule has 3 rings (SSSR count). The molecule has 1 aromatic carbocycles. The van der Waals surface area contributed by atoms with Gasteiger partial charge in [-0.15, -0.1) is 0 Å². The maximum Gasteiger partial charge on any atom is 0.411 e. The zero-order valence-corrected chi connectivity index (χ0v) is 16.9. The number of ketones is 1. The Hall–Kier alpha value is -1.84. The van der Waals surface area contributed by atoms with Gasteiger partial charge in [-0.1, -0.05) is 36.8 Å². The molecule has 4 nitrogen and oxygen atoms in total. The number of likely N-dealkylation sites (tertiary alicyclic amines) is 1. The second-order valence-corrected chi connectivity index (χ2v) is 9.07. The van der Waals surface area contributed by atoms with E-state index in [-0.39, 0.29) is 24.0 Å². The second kappa shape index (κ2) is 8.45. The highest BCUT2D eigenvalue weighted by Crippen LogP contribution is 2.43. The van der Waals surface area contributed by atoms with Crippen molar-refractivity contribution in [2.75, 3.05) is 0 Å². The first-order chi connectivity index (χ1) is 12.8. The number of benzene rings is 1. The van der Waals surface area contributed by atoms with Crippen LogP contribution in [0.25, 0.3) is 0 Å². The molecule has 2 aliphatic rings. The number of unbranched alkanes of at least 4 members (excludes halogenated alkanes) is 2. The lowest BCUT2D eigenvalue weighted by Gasteiger charge is -2.35. The normalized spacial score (nSPS) is 24.3. The van der Waals surface area contributed by atoms with E-state index in [2.05, 4.69) is 24.3 Å². The Labute approximate surface area is 163 Å². The Morgan fingerprint density at radius 2 is 1.81 bits per heavy atom. The van der Waals surface area contributed by atoms with E-state index < -0.39 is 5.60 Å². The third-order valence-corrected chi connectivity index (χ3v) is 5.75. The minimum Gasteiger partial charge on any atom is -0.444 e. The molecule has 0 radical (unpaired) electrons. The van der Waals surface area contributed by atoms with Crippen LogP contribution in [-0.4, -0.2) is 34.5 Å². The molecule has 1 aliphatic heterocycles. The molecular formula is C23H33NO3. The molecule has 1 heterocycles. The third kappa shape index (κ3) is 5.12. The van der Waals surface area contributed by atoms with Crippen LogP contribution in [0.3, 0.4) is 0 Å². The van der Waals surface area contributed by atoms with Gasteiger partial charge in [0, 0.05) is 12.5 Å². The molecule has 27 heavy (non-hydrogen) atoms. The maximum absolute atomic E-state index is 12.9. The fourth-order valence-corrected chi connectivity index (χ4v) is 4.58. The van der Waals surface area contributed by atoms with E-state index in [1.54, 1.807) is 4.90 Å². The highest BCUT2D eigenvalue weighted by Gasteiger charge is 2.51. The standard InChI is InChI=1S/C23H33NO3/c1-23(2,3)27-22(26)24-19-15-14-18(16-19)21(24)20(25)13-9-5-8-12-17-10-6-4-7-11-17/h4,6-7,10-11,18-19,21H,5,8-9,12-16H2,1-3H3. The van der Waals surface area contributed by atoms with Crippen molar-refractivity contribution in [3.63, 3.8) is 0 Å². The van der Waals surface area contributed by atoms with Crippen LogP contribution in [-0.2, 0) is 16.0 Å². The summed E-state index contributed by atoms with van der Waals surface area (Å²) in [6.45, 7) is 5.63. The molecule has 0 N–H and O–H groups in total. The van der Waals surface area contributed by atoms with Crippen molar-refractivity contribution in [3.8, 4) is 0 Å². The minimum absolute atomic E-state index is 0.192. The number of fused-ring (bicyclic) bond motifs is 2. The number of carbonyl (C=O) groups excluding carboxylic acids is 2. The molecule has 4 heteroatoms. The fraction of sp³-hybridized carbons (Fsp3) is 0.652. The van der Waals surface area contributed by atoms with Crippen molar-refractivity contribution in [2.24, 2.45) is 5.92 Å². The van der Waals surface area contributed by atoms with E-state index in [0.29, 0.717) is 12.3 Å². The van der Waals surface area contributed by atoms with E-state index in [0.717, 1.165) is 44.9 Å². The van der Waals surface area contributed by atoms with E-state index in [1.165, 1.54) is 5.56 Å². The number of carbonyl (C=O) groups is 2. The number of Topliss-reactive ketones (excluding diaryl/α,β-unsaturated/α-hetero) is 1. The van der Waals surface area contributed by atoms with Crippen LogP contribution < -0.4 is 0 Å². The number of hydrogen-bond acceptors (Lipinski definition) is 3. The van der Waals surface area contributed by atoms with Crippen LogP contribution in [0.15, 0.2) is 30.3 Å². The molecular weight excluding hydrogens is 338 g/mol. The average Bonchev–Trinajstić information content (AvgIpc) is 3.22. The van der Waals surface area contributed by atoms with E-state index in [1.807, 2.05) is 26.8 Å². The first-order valence-electron chi connectivity index (χ1n) is 10.4. The van der Waals surface area contributed by atoms with Crippen molar-refractivity contribution in [1.29, 1.82) is 0 Å². The summed E-state index contributed by atoms with van der Waals surface area (Å²) in [6.07, 6.45) is 7.41. The predicted molar refractivity (Wildman–Crippen MR) is 107 cm³/mol. The van der Waals surface area contributed by atoms with Gasteiger partial charge in [-0.05, 0) is 70.8 Å². The van der Waals surface area contributed by atoms with Crippen LogP contribution in [0.2, 0.25) is 0 Å². The lowest BCUT2D eigenvalue weighted by atomic mass is 9.92. The quantitative estimate of drug-likeness (QED) is 0.623. The van der Waals surface area contributed by atoms with Gasteiger partial charge in [0.2, 0.25) is 0 Å². The van der Waals surface area contributed by atoms with Crippen molar-refractivity contribution in [2.45, 2.75) is 89.8 Å². The monoisotopic (exact) mass is 371 g/mol. The Morgan fingerprint density at radius 1 is 1.07 bits per heavy atom. The van der Waals surface area contributed by atoms with Gasteiger partial charge in [-0.3, -0.25) is 9.69 Å². The first kappa shape index (κ1) is 19.9. The van der Waals surface area contributed by atoms with E-state index in [4.69, 9.17) is 4.74 Å². The van der Waals surface area contributed by atoms with Crippen LogP contribution in [0.5, 0.6) is 0 Å². The van der Waals surface area contributed by atoms with Crippen LogP contribution >= 0.6 is 0 Å². The summed E-state index contributed by atoms with van der Waals surface area (Å²) < 4.78 is 5.58. The van der Waals surface area contributed by atoms with Crippen molar-refractivity contribution in [3.05, 3.63) is 35.9 Å². The zero-order chi connectivity index (χ0) is 19.4. The minimum atomic E-state index is -0.524. The SMILES string of the molecule is CC(C)(C)OC(=O)N1C2CCC(C2)C1C(=O)CCCCCc1ccccc1. The molecule has 2 fully saturated rings. The molecule has 148 valence electrons. The molecule has 2 bridgehead atoms. The molecule has 1 amide bonds. The van der Waals surface area contributed by atoms with Gasteiger partial charge in [-0.2, -0.15) is 0 Å². The summed E-state index contributed by atoms with van der Waals surface area (Å²) in [6, 6.07) is 10.4. The third-order valence-electron chi connectivity index (χ3n) is 5.75. The smallest absolute Gasteiger partial charge is 0.411 e. The van der Waals surface area contributed by atoms with Crippen LogP contribution in [0, 0.1) is 5.92 Å². The topological polar surface area (TPSA) is 46.6 Å². The molecule has 0 spiro atoms. The van der Waals surface area contributed by atoms with Crippen LogP contribution in [0.4, 0.5) is 4.79 Å². The number of rotatable bonds is 7. The Balaban J connectivity index is 1.48. The average molecular weight is 372 g/mol. The van der Waals surface area contributed by atoms with Crippen molar-refractivity contribution < 1.29 is 14.3 Å². The van der Waals surface area contributed by atoms with Gasteiger partial charge in [0.05, 0.1) is 6.04 Å². The zero-order valence-electron chi connectivity index (χ0n) is 16.9. The van der Waals surface area contributed by atoms with Gasteiger partial charge < -0.3 is 4.74 Å². The molecule has 3 unspecified atom stereocenters. The Bertz CT molecular complexity index is 649. The summed E-state index contributed by atoms with van der Waals surface area (Å²) in [5, 5.41) is 0. The number of hydrogen-bond donors (Lipinski definition) is 0. The van der Waals surface area contributed by atoms with Gasteiger partial charge in [0.1, 0.15) is 5.60 Å². The molecule has 1 aromatic rings. The highest BCUT2D eigenvalue weighted by molar-refractivity contribution is 5.88. The van der Waals surface area contributed by atoms with E-state index in [9.17, 15) is 9.59 Å². The summed E-state index contributed by atoms with van der Waals surface area (Å²) >= 11 is 0. The molecule has 0 aromatic heterocycles. The molecule has 3 atom stereocenters. The fourth-order valence-electron chi connectivity index (χ4n) is 4.58. The number of aryl methyl sites for hydroxylation is 1. The van der Waals surface area contributed by atoms with E-state index >= 15 is 0 Å². The first-order valence-corrected chi connectivity index (χ1v) is 10.4. The van der Waals surface area contributed by atoms with Gasteiger partial charge >= 0.3 is 6.09 Å². The Kier molecular flexibility index (Phi) is 6.23. The predicted octanol–water partition coefficient (Wildman–Crippen LogP) is 5.15. The summed E-state index contributed by atoms with van der Waals surface area (Å²) in [7, 11) is 0. The molecule has 1 saturated heterocycles. The number of amides is 1. The second-order valence-electron chi connectivity index (χ2n) is 9.07. The number of nitrogens with zero attached hydrogens (tertiary/aromatic N) is 1.